The van der Waals surface area contributed by atoms with E-state index in [4.69, 9.17) is 11.6 Å². The topological polar surface area (TPSA) is 21.7 Å². The van der Waals surface area contributed by atoms with E-state index in [9.17, 15) is 0 Å². The fourth-order valence-corrected chi connectivity index (χ4v) is 1.45. The van der Waals surface area contributed by atoms with Crippen molar-refractivity contribution in [2.24, 2.45) is 7.05 Å². The van der Waals surface area contributed by atoms with E-state index in [-0.39, 0.29) is 0 Å². The van der Waals surface area contributed by atoms with Crippen molar-refractivity contribution in [3.05, 3.63) is 41.2 Å². The largest absolute Gasteiger partial charge is 0.206 e. The third-order valence-electron chi connectivity index (χ3n) is 2.13. The molecular weight excluding hydrogens is 198 g/mol. The summed E-state index contributed by atoms with van der Waals surface area (Å²) in [7, 11) is 1.94. The molecular formula is C10H11ClN3+. The highest BCUT2D eigenvalue weighted by atomic mass is 35.5. The maximum absolute atomic E-state index is 5.95. The summed E-state index contributed by atoms with van der Waals surface area (Å²) in [6.45, 7) is 1.98. The van der Waals surface area contributed by atoms with E-state index < -0.39 is 0 Å². The molecule has 0 fully saturated rings. The predicted octanol–water partition coefficient (Wildman–Crippen LogP) is 1.66. The minimum absolute atomic E-state index is 0.781. The summed E-state index contributed by atoms with van der Waals surface area (Å²) in [6, 6.07) is 5.84. The van der Waals surface area contributed by atoms with Crippen molar-refractivity contribution in [3.63, 3.8) is 0 Å². The Morgan fingerprint density at radius 2 is 2.21 bits per heavy atom. The number of rotatable bonds is 1. The second kappa shape index (κ2) is 3.42. The van der Waals surface area contributed by atoms with Crippen LogP contribution in [0.3, 0.4) is 0 Å². The first-order chi connectivity index (χ1) is 6.68. The van der Waals surface area contributed by atoms with Gasteiger partial charge in [0, 0.05) is 10.1 Å². The van der Waals surface area contributed by atoms with Crippen LogP contribution >= 0.6 is 11.6 Å². The van der Waals surface area contributed by atoms with E-state index in [2.05, 4.69) is 5.10 Å². The first kappa shape index (κ1) is 9.21. The Bertz CT molecular complexity index is 462. The Kier molecular flexibility index (Phi) is 2.25. The Balaban J connectivity index is 2.53. The molecule has 0 N–H and O–H groups in total. The van der Waals surface area contributed by atoms with Crippen LogP contribution in [-0.2, 0) is 7.05 Å². The van der Waals surface area contributed by atoms with Gasteiger partial charge in [-0.05, 0) is 35.5 Å². The third kappa shape index (κ3) is 1.51. The van der Waals surface area contributed by atoms with E-state index in [0.29, 0.717) is 0 Å². The standard InChI is InChI=1S/C10H11ClN3/c1-8-7-9(3-4-10(8)11)14-12-5-6-13(14)2/h3-7H,1-2H3/q+1. The predicted molar refractivity (Wildman–Crippen MR) is 54.5 cm³/mol. The molecule has 0 bridgehead atoms. The van der Waals surface area contributed by atoms with Crippen molar-refractivity contribution in [1.82, 2.24) is 9.90 Å². The molecule has 0 radical (unpaired) electrons. The van der Waals surface area contributed by atoms with Gasteiger partial charge in [0.1, 0.15) is 12.7 Å². The molecule has 0 aliphatic heterocycles. The molecule has 0 saturated carbocycles. The maximum atomic E-state index is 5.95. The average molecular weight is 209 g/mol. The van der Waals surface area contributed by atoms with Crippen molar-refractivity contribution in [2.45, 2.75) is 6.92 Å². The van der Waals surface area contributed by atoms with Gasteiger partial charge in [-0.3, -0.25) is 0 Å². The Hall–Kier alpha value is -1.35. The molecule has 0 aliphatic rings. The van der Waals surface area contributed by atoms with Gasteiger partial charge in [0.15, 0.2) is 6.20 Å². The Morgan fingerprint density at radius 1 is 1.43 bits per heavy atom. The van der Waals surface area contributed by atoms with Crippen LogP contribution in [0.2, 0.25) is 5.02 Å². The monoisotopic (exact) mass is 208 g/mol. The van der Waals surface area contributed by atoms with Crippen LogP contribution in [0, 0.1) is 6.92 Å². The molecule has 1 heterocycles. The molecule has 72 valence electrons. The number of halogens is 1. The lowest BCUT2D eigenvalue weighted by molar-refractivity contribution is -0.748. The molecule has 3 nitrogen and oxygen atoms in total. The van der Waals surface area contributed by atoms with E-state index in [1.54, 1.807) is 6.20 Å². The van der Waals surface area contributed by atoms with E-state index in [1.165, 1.54) is 0 Å². The third-order valence-corrected chi connectivity index (χ3v) is 2.55. The molecule has 0 unspecified atom stereocenters. The van der Waals surface area contributed by atoms with Crippen LogP contribution in [-0.4, -0.2) is 9.90 Å². The van der Waals surface area contributed by atoms with Gasteiger partial charge in [-0.2, -0.15) is 4.68 Å². The molecule has 0 amide bonds. The molecule has 1 aromatic carbocycles. The summed E-state index contributed by atoms with van der Waals surface area (Å²) >= 11 is 5.95. The van der Waals surface area contributed by atoms with Crippen molar-refractivity contribution in [2.75, 3.05) is 0 Å². The molecule has 0 aliphatic carbocycles. The summed E-state index contributed by atoms with van der Waals surface area (Å²) in [5.74, 6) is 0. The zero-order valence-electron chi connectivity index (χ0n) is 8.11. The second-order valence-corrected chi connectivity index (χ2v) is 3.62. The number of hydrogen-bond donors (Lipinski definition) is 0. The molecule has 2 aromatic rings. The minimum Gasteiger partial charge on any atom is -0.159 e. The van der Waals surface area contributed by atoms with Gasteiger partial charge in [0.05, 0.1) is 0 Å². The first-order valence-corrected chi connectivity index (χ1v) is 4.73. The molecule has 2 rings (SSSR count). The van der Waals surface area contributed by atoms with Gasteiger partial charge in [-0.1, -0.05) is 11.6 Å². The molecule has 1 aromatic heterocycles. The fourth-order valence-electron chi connectivity index (χ4n) is 1.34. The molecule has 0 saturated heterocycles. The molecule has 4 heteroatoms. The maximum Gasteiger partial charge on any atom is 0.206 e. The van der Waals surface area contributed by atoms with Crippen LogP contribution in [0.5, 0.6) is 0 Å². The van der Waals surface area contributed by atoms with Crippen molar-refractivity contribution in [1.29, 1.82) is 0 Å². The lowest BCUT2D eigenvalue weighted by Crippen LogP contribution is -2.37. The van der Waals surface area contributed by atoms with Gasteiger partial charge in [0.2, 0.25) is 6.20 Å². The van der Waals surface area contributed by atoms with E-state index >= 15 is 0 Å². The smallest absolute Gasteiger partial charge is 0.159 e. The minimum atomic E-state index is 0.781. The number of nitrogens with zero attached hydrogens (tertiary/aromatic N) is 3. The summed E-state index contributed by atoms with van der Waals surface area (Å²) in [5, 5.41) is 4.97. The van der Waals surface area contributed by atoms with Gasteiger partial charge in [-0.25, -0.2) is 0 Å². The van der Waals surface area contributed by atoms with Crippen molar-refractivity contribution in [3.8, 4) is 5.69 Å². The number of aromatic nitrogens is 3. The molecule has 14 heavy (non-hydrogen) atoms. The summed E-state index contributed by atoms with van der Waals surface area (Å²) in [4.78, 5) is 1.81. The van der Waals surface area contributed by atoms with Crippen LogP contribution in [0.25, 0.3) is 5.69 Å². The lowest BCUT2D eigenvalue weighted by atomic mass is 10.2. The SMILES string of the molecule is Cc1cc(-n2ncc[n+]2C)ccc1Cl. The van der Waals surface area contributed by atoms with Gasteiger partial charge < -0.3 is 0 Å². The lowest BCUT2D eigenvalue weighted by Gasteiger charge is -2.00. The van der Waals surface area contributed by atoms with Crippen molar-refractivity contribution < 1.29 is 4.68 Å². The molecule has 0 atom stereocenters. The van der Waals surface area contributed by atoms with Crippen LogP contribution in [0.15, 0.2) is 30.6 Å². The van der Waals surface area contributed by atoms with E-state index in [0.717, 1.165) is 16.3 Å². The number of hydrogen-bond acceptors (Lipinski definition) is 1. The Labute approximate surface area is 87.5 Å². The van der Waals surface area contributed by atoms with Gasteiger partial charge >= 0.3 is 0 Å². The summed E-state index contributed by atoms with van der Waals surface area (Å²) < 4.78 is 1.91. The highest BCUT2D eigenvalue weighted by molar-refractivity contribution is 6.31. The van der Waals surface area contributed by atoms with Crippen LogP contribution < -0.4 is 4.68 Å². The quantitative estimate of drug-likeness (QED) is 0.654. The van der Waals surface area contributed by atoms with Crippen LogP contribution in [0.1, 0.15) is 5.56 Å². The first-order valence-electron chi connectivity index (χ1n) is 4.35. The highest BCUT2D eigenvalue weighted by Crippen LogP contribution is 2.17. The molecule has 0 spiro atoms. The average Bonchev–Trinajstić information content (AvgIpc) is 2.57. The van der Waals surface area contributed by atoms with Crippen molar-refractivity contribution >= 4 is 11.6 Å². The zero-order chi connectivity index (χ0) is 10.1. The fraction of sp³-hybridized carbons (Fsp3) is 0.200. The van der Waals surface area contributed by atoms with Gasteiger partial charge in [0.25, 0.3) is 0 Å². The number of benzene rings is 1. The summed E-state index contributed by atoms with van der Waals surface area (Å²) in [5.41, 5.74) is 2.07. The van der Waals surface area contributed by atoms with Gasteiger partial charge in [-0.15, -0.1) is 0 Å². The number of aryl methyl sites for hydroxylation is 2. The zero-order valence-corrected chi connectivity index (χ0v) is 8.86. The van der Waals surface area contributed by atoms with Crippen LogP contribution in [0.4, 0.5) is 0 Å². The Morgan fingerprint density at radius 3 is 2.79 bits per heavy atom. The van der Waals surface area contributed by atoms with E-state index in [1.807, 2.05) is 47.8 Å². The highest BCUT2D eigenvalue weighted by Gasteiger charge is 2.08. The summed E-state index contributed by atoms with van der Waals surface area (Å²) in [6.07, 6.45) is 3.65. The second-order valence-electron chi connectivity index (χ2n) is 3.21. The normalized spacial score (nSPS) is 10.5.